The van der Waals surface area contributed by atoms with Crippen LogP contribution in [-0.2, 0) is 7.05 Å². The van der Waals surface area contributed by atoms with Crippen molar-refractivity contribution in [3.05, 3.63) is 35.0 Å². The van der Waals surface area contributed by atoms with Crippen LogP contribution in [0, 0.1) is 0 Å². The summed E-state index contributed by atoms with van der Waals surface area (Å²) < 4.78 is 4.94. The van der Waals surface area contributed by atoms with Crippen molar-refractivity contribution in [1.82, 2.24) is 15.0 Å². The number of rotatable bonds is 2. The molecule has 0 fully saturated rings. The Kier molecular flexibility index (Phi) is 2.26. The van der Waals surface area contributed by atoms with E-state index in [1.165, 1.54) is 11.1 Å². The van der Waals surface area contributed by atoms with Gasteiger partial charge in [0.2, 0.25) is 0 Å². The van der Waals surface area contributed by atoms with Gasteiger partial charge in [0.25, 0.3) is 0 Å². The van der Waals surface area contributed by atoms with Gasteiger partial charge in [0.15, 0.2) is 5.22 Å². The monoisotopic (exact) mass is 212 g/mol. The third kappa shape index (κ3) is 1.51. The molecule has 0 bridgehead atoms. The van der Waals surface area contributed by atoms with Gasteiger partial charge < -0.3 is 10.2 Å². The topological polar surface area (TPSA) is 69.9 Å². The average molecular weight is 213 g/mol. The van der Waals surface area contributed by atoms with Crippen LogP contribution in [0.3, 0.4) is 0 Å². The van der Waals surface area contributed by atoms with Gasteiger partial charge in [-0.15, -0.1) is 0 Å². The number of furan rings is 1. The van der Waals surface area contributed by atoms with E-state index >= 15 is 0 Å². The molecule has 2 heterocycles. The summed E-state index contributed by atoms with van der Waals surface area (Å²) in [5.41, 5.74) is 7.29. The van der Waals surface area contributed by atoms with E-state index in [4.69, 9.17) is 21.8 Å². The largest absolute Gasteiger partial charge is 0.453 e. The van der Waals surface area contributed by atoms with Crippen LogP contribution in [0.25, 0.3) is 0 Å². The number of hydrogen-bond acceptors (Lipinski definition) is 4. The van der Waals surface area contributed by atoms with E-state index in [9.17, 15) is 0 Å². The Labute approximate surface area is 85.5 Å². The number of nitrogens with zero attached hydrogens (tertiary/aromatic N) is 3. The standard InChI is InChI=1S/C8H9ClN4O/c1-13-11-4-6(12-13)7(10)5-2-3-14-8(5)9/h2-4,7H,10H2,1H3. The molecule has 0 aliphatic heterocycles. The number of halogens is 1. The third-order valence-electron chi connectivity index (χ3n) is 1.92. The lowest BCUT2D eigenvalue weighted by molar-refractivity contribution is 0.563. The van der Waals surface area contributed by atoms with E-state index in [1.54, 1.807) is 19.3 Å². The van der Waals surface area contributed by atoms with Crippen molar-refractivity contribution in [2.45, 2.75) is 6.04 Å². The predicted molar refractivity (Wildman–Crippen MR) is 50.8 cm³/mol. The van der Waals surface area contributed by atoms with Crippen LogP contribution in [0.15, 0.2) is 22.9 Å². The third-order valence-corrected chi connectivity index (χ3v) is 2.22. The van der Waals surface area contributed by atoms with E-state index in [1.807, 2.05) is 0 Å². The lowest BCUT2D eigenvalue weighted by atomic mass is 10.1. The zero-order valence-electron chi connectivity index (χ0n) is 7.51. The Bertz CT molecular complexity index is 436. The molecule has 1 atom stereocenters. The van der Waals surface area contributed by atoms with Crippen molar-refractivity contribution in [3.8, 4) is 0 Å². The van der Waals surface area contributed by atoms with E-state index in [-0.39, 0.29) is 0 Å². The molecular weight excluding hydrogens is 204 g/mol. The maximum absolute atomic E-state index is 5.91. The first-order valence-corrected chi connectivity index (χ1v) is 4.41. The second-order valence-corrected chi connectivity index (χ2v) is 3.23. The molecule has 0 spiro atoms. The highest BCUT2D eigenvalue weighted by molar-refractivity contribution is 6.29. The van der Waals surface area contributed by atoms with Gasteiger partial charge in [0.05, 0.1) is 18.5 Å². The van der Waals surface area contributed by atoms with Gasteiger partial charge in [0, 0.05) is 12.6 Å². The highest BCUT2D eigenvalue weighted by Crippen LogP contribution is 2.25. The quantitative estimate of drug-likeness (QED) is 0.810. The summed E-state index contributed by atoms with van der Waals surface area (Å²) in [6.07, 6.45) is 3.10. The molecule has 0 radical (unpaired) electrons. The minimum atomic E-state index is -0.394. The van der Waals surface area contributed by atoms with Crippen molar-refractivity contribution < 1.29 is 4.42 Å². The smallest absolute Gasteiger partial charge is 0.198 e. The SMILES string of the molecule is Cn1ncc(C(N)c2ccoc2Cl)n1. The molecule has 2 rings (SSSR count). The van der Waals surface area contributed by atoms with Crippen molar-refractivity contribution in [1.29, 1.82) is 0 Å². The molecule has 0 aliphatic rings. The Hall–Kier alpha value is -1.33. The molecule has 14 heavy (non-hydrogen) atoms. The van der Waals surface area contributed by atoms with Gasteiger partial charge in [-0.1, -0.05) is 0 Å². The van der Waals surface area contributed by atoms with E-state index in [0.29, 0.717) is 16.5 Å². The molecule has 2 N–H and O–H groups in total. The first-order chi connectivity index (χ1) is 6.68. The highest BCUT2D eigenvalue weighted by atomic mass is 35.5. The van der Waals surface area contributed by atoms with E-state index in [2.05, 4.69) is 10.2 Å². The Morgan fingerprint density at radius 1 is 1.64 bits per heavy atom. The number of aromatic nitrogens is 3. The van der Waals surface area contributed by atoms with Crippen LogP contribution in [0.2, 0.25) is 5.22 Å². The maximum Gasteiger partial charge on any atom is 0.198 e. The van der Waals surface area contributed by atoms with Gasteiger partial charge in [-0.2, -0.15) is 15.0 Å². The molecule has 2 aromatic heterocycles. The molecule has 0 amide bonds. The Morgan fingerprint density at radius 3 is 2.93 bits per heavy atom. The zero-order valence-corrected chi connectivity index (χ0v) is 8.27. The molecule has 2 aromatic rings. The van der Waals surface area contributed by atoms with Crippen LogP contribution in [0.5, 0.6) is 0 Å². The molecule has 1 unspecified atom stereocenters. The summed E-state index contributed by atoms with van der Waals surface area (Å²) in [6, 6.07) is 1.33. The Balaban J connectivity index is 2.33. The fourth-order valence-electron chi connectivity index (χ4n) is 1.19. The summed E-state index contributed by atoms with van der Waals surface area (Å²) >= 11 is 5.79. The van der Waals surface area contributed by atoms with Crippen LogP contribution < -0.4 is 5.73 Å². The molecule has 5 nitrogen and oxygen atoms in total. The van der Waals surface area contributed by atoms with Gasteiger partial charge in [0.1, 0.15) is 5.69 Å². The van der Waals surface area contributed by atoms with Gasteiger partial charge in [-0.25, -0.2) is 0 Å². The second-order valence-electron chi connectivity index (χ2n) is 2.89. The zero-order chi connectivity index (χ0) is 10.1. The van der Waals surface area contributed by atoms with Crippen molar-refractivity contribution in [2.75, 3.05) is 0 Å². The van der Waals surface area contributed by atoms with Crippen LogP contribution in [-0.4, -0.2) is 15.0 Å². The number of aryl methyl sites for hydroxylation is 1. The second kappa shape index (κ2) is 3.43. The first-order valence-electron chi connectivity index (χ1n) is 4.03. The van der Waals surface area contributed by atoms with Crippen LogP contribution >= 0.6 is 11.6 Å². The van der Waals surface area contributed by atoms with E-state index in [0.717, 1.165) is 0 Å². The van der Waals surface area contributed by atoms with Gasteiger partial charge in [-0.05, 0) is 17.7 Å². The van der Waals surface area contributed by atoms with Gasteiger partial charge >= 0.3 is 0 Å². The molecular formula is C8H9ClN4O. The molecule has 0 saturated heterocycles. The van der Waals surface area contributed by atoms with Crippen molar-refractivity contribution >= 4 is 11.6 Å². The normalized spacial score (nSPS) is 13.1. The summed E-state index contributed by atoms with van der Waals surface area (Å²) in [5, 5.41) is 8.31. The Morgan fingerprint density at radius 2 is 2.43 bits per heavy atom. The predicted octanol–water partition coefficient (Wildman–Crippen LogP) is 1.11. The lowest BCUT2D eigenvalue weighted by Crippen LogP contribution is -2.12. The maximum atomic E-state index is 5.91. The number of hydrogen-bond donors (Lipinski definition) is 1. The molecule has 0 saturated carbocycles. The first kappa shape index (κ1) is 9.23. The fourth-order valence-corrected chi connectivity index (χ4v) is 1.42. The summed E-state index contributed by atoms with van der Waals surface area (Å²) in [6.45, 7) is 0. The van der Waals surface area contributed by atoms with Crippen LogP contribution in [0.1, 0.15) is 17.3 Å². The lowest BCUT2D eigenvalue weighted by Gasteiger charge is -2.04. The van der Waals surface area contributed by atoms with Crippen molar-refractivity contribution in [2.24, 2.45) is 12.8 Å². The van der Waals surface area contributed by atoms with E-state index < -0.39 is 6.04 Å². The molecule has 6 heteroatoms. The molecule has 0 aliphatic carbocycles. The fraction of sp³-hybridized carbons (Fsp3) is 0.250. The molecule has 74 valence electrons. The van der Waals surface area contributed by atoms with Gasteiger partial charge in [-0.3, -0.25) is 0 Å². The summed E-state index contributed by atoms with van der Waals surface area (Å²) in [4.78, 5) is 1.45. The van der Waals surface area contributed by atoms with Crippen molar-refractivity contribution in [3.63, 3.8) is 0 Å². The average Bonchev–Trinajstić information content (AvgIpc) is 2.73. The van der Waals surface area contributed by atoms with Crippen LogP contribution in [0.4, 0.5) is 0 Å². The minimum absolute atomic E-state index is 0.295. The summed E-state index contributed by atoms with van der Waals surface area (Å²) in [7, 11) is 1.73. The minimum Gasteiger partial charge on any atom is -0.453 e. The number of nitrogens with two attached hydrogens (primary N) is 1. The summed E-state index contributed by atoms with van der Waals surface area (Å²) in [5.74, 6) is 0. The highest BCUT2D eigenvalue weighted by Gasteiger charge is 2.17. The molecule has 0 aromatic carbocycles.